The summed E-state index contributed by atoms with van der Waals surface area (Å²) < 4.78 is 32.6. The summed E-state index contributed by atoms with van der Waals surface area (Å²) in [5.41, 5.74) is 0. The van der Waals surface area contributed by atoms with Crippen LogP contribution in [0.5, 0.6) is 5.75 Å². The molecule has 1 fully saturated rings. The number of hydrogen-bond donors (Lipinski definition) is 1. The topological polar surface area (TPSA) is 66.8 Å². The summed E-state index contributed by atoms with van der Waals surface area (Å²) >= 11 is 3.28. The molecule has 0 bridgehead atoms. The second kappa shape index (κ2) is 6.01. The lowest BCUT2D eigenvalue weighted by molar-refractivity contribution is 0.133. The Bertz CT molecular complexity index is 588. The van der Waals surface area contributed by atoms with E-state index in [0.717, 1.165) is 0 Å². The van der Waals surface area contributed by atoms with Gasteiger partial charge in [0.2, 0.25) is 10.0 Å². The number of aliphatic hydroxyl groups is 1. The van der Waals surface area contributed by atoms with Crippen molar-refractivity contribution in [2.45, 2.75) is 24.3 Å². The number of sulfonamides is 1. The Morgan fingerprint density at radius 1 is 1.50 bits per heavy atom. The van der Waals surface area contributed by atoms with Crippen molar-refractivity contribution in [3.8, 4) is 5.75 Å². The van der Waals surface area contributed by atoms with Crippen molar-refractivity contribution in [1.29, 1.82) is 0 Å². The molecule has 1 aromatic rings. The smallest absolute Gasteiger partial charge is 0.246 e. The van der Waals surface area contributed by atoms with Gasteiger partial charge in [0.1, 0.15) is 10.6 Å². The van der Waals surface area contributed by atoms with Crippen LogP contribution in [-0.2, 0) is 10.0 Å². The maximum absolute atomic E-state index is 12.7. The van der Waals surface area contributed by atoms with Gasteiger partial charge in [-0.1, -0.05) is 15.9 Å². The van der Waals surface area contributed by atoms with Crippen LogP contribution >= 0.6 is 15.9 Å². The molecule has 112 valence electrons. The van der Waals surface area contributed by atoms with Gasteiger partial charge in [0.15, 0.2) is 0 Å². The molecular weight excluding hydrogens is 346 g/mol. The molecule has 0 saturated carbocycles. The Morgan fingerprint density at radius 2 is 2.20 bits per heavy atom. The van der Waals surface area contributed by atoms with Gasteiger partial charge < -0.3 is 9.84 Å². The molecular formula is C13H18BrNO4S. The van der Waals surface area contributed by atoms with E-state index < -0.39 is 16.1 Å². The summed E-state index contributed by atoms with van der Waals surface area (Å²) in [7, 11) is -2.15. The normalized spacial score (nSPS) is 21.9. The monoisotopic (exact) mass is 363 g/mol. The molecule has 2 unspecified atom stereocenters. The van der Waals surface area contributed by atoms with Crippen molar-refractivity contribution >= 4 is 26.0 Å². The maximum atomic E-state index is 12.7. The highest BCUT2D eigenvalue weighted by Crippen LogP contribution is 2.32. The van der Waals surface area contributed by atoms with E-state index in [-0.39, 0.29) is 10.8 Å². The zero-order chi connectivity index (χ0) is 14.9. The van der Waals surface area contributed by atoms with Crippen LogP contribution in [0.3, 0.4) is 0 Å². The third-order valence-electron chi connectivity index (χ3n) is 3.61. The SMILES string of the molecule is COc1ccc(Br)cc1S(=O)(=O)N1CCC(C(C)O)C1. The predicted octanol–water partition coefficient (Wildman–Crippen LogP) is 1.85. The van der Waals surface area contributed by atoms with E-state index in [9.17, 15) is 13.5 Å². The molecule has 1 aliphatic rings. The van der Waals surface area contributed by atoms with Crippen molar-refractivity contribution in [2.24, 2.45) is 5.92 Å². The molecule has 2 atom stereocenters. The van der Waals surface area contributed by atoms with E-state index in [1.165, 1.54) is 11.4 Å². The standard InChI is InChI=1S/C13H18BrNO4S/c1-9(16)10-5-6-15(8-10)20(17,18)13-7-11(14)3-4-12(13)19-2/h3-4,7,9-10,16H,5-6,8H2,1-2H3. The molecule has 1 aliphatic heterocycles. The van der Waals surface area contributed by atoms with Crippen molar-refractivity contribution < 1.29 is 18.3 Å². The fourth-order valence-corrected chi connectivity index (χ4v) is 4.56. The summed E-state index contributed by atoms with van der Waals surface area (Å²) in [6.07, 6.45) is 0.173. The van der Waals surface area contributed by atoms with E-state index >= 15 is 0 Å². The van der Waals surface area contributed by atoms with Gasteiger partial charge in [0, 0.05) is 17.6 Å². The lowest BCUT2D eigenvalue weighted by atomic mass is 10.0. The minimum atomic E-state index is -3.60. The Balaban J connectivity index is 2.34. The molecule has 0 amide bonds. The Morgan fingerprint density at radius 3 is 2.75 bits per heavy atom. The highest BCUT2D eigenvalue weighted by Gasteiger charge is 2.35. The lowest BCUT2D eigenvalue weighted by Crippen LogP contribution is -2.30. The lowest BCUT2D eigenvalue weighted by Gasteiger charge is -2.19. The van der Waals surface area contributed by atoms with E-state index in [1.54, 1.807) is 25.1 Å². The molecule has 0 radical (unpaired) electrons. The molecule has 0 aliphatic carbocycles. The van der Waals surface area contributed by atoms with E-state index in [2.05, 4.69) is 15.9 Å². The van der Waals surface area contributed by atoms with Crippen molar-refractivity contribution in [1.82, 2.24) is 4.31 Å². The Hall–Kier alpha value is -0.630. The number of benzene rings is 1. The molecule has 1 aromatic carbocycles. The quantitative estimate of drug-likeness (QED) is 0.886. The average molecular weight is 364 g/mol. The minimum absolute atomic E-state index is 0.0112. The molecule has 7 heteroatoms. The first kappa shape index (κ1) is 15.8. The van der Waals surface area contributed by atoms with Crippen LogP contribution in [-0.4, -0.2) is 44.1 Å². The second-order valence-electron chi connectivity index (χ2n) is 4.95. The molecule has 2 rings (SSSR count). The third-order valence-corrected chi connectivity index (χ3v) is 5.99. The number of halogens is 1. The Kier molecular flexibility index (Phi) is 4.73. The van der Waals surface area contributed by atoms with Crippen LogP contribution in [0, 0.1) is 5.92 Å². The van der Waals surface area contributed by atoms with Crippen LogP contribution in [0.1, 0.15) is 13.3 Å². The second-order valence-corrected chi connectivity index (χ2v) is 7.77. The van der Waals surface area contributed by atoms with Gasteiger partial charge >= 0.3 is 0 Å². The summed E-state index contributed by atoms with van der Waals surface area (Å²) in [6, 6.07) is 4.91. The van der Waals surface area contributed by atoms with Crippen molar-refractivity contribution in [3.63, 3.8) is 0 Å². The summed E-state index contributed by atoms with van der Waals surface area (Å²) in [4.78, 5) is 0.153. The van der Waals surface area contributed by atoms with Gasteiger partial charge in [-0.2, -0.15) is 4.31 Å². The number of ether oxygens (including phenoxy) is 1. The fourth-order valence-electron chi connectivity index (χ4n) is 2.36. The average Bonchev–Trinajstić information content (AvgIpc) is 2.89. The highest BCUT2D eigenvalue weighted by molar-refractivity contribution is 9.10. The highest BCUT2D eigenvalue weighted by atomic mass is 79.9. The van der Waals surface area contributed by atoms with Gasteiger partial charge in [0.05, 0.1) is 13.2 Å². The van der Waals surface area contributed by atoms with Gasteiger partial charge in [-0.15, -0.1) is 0 Å². The molecule has 1 N–H and O–H groups in total. The van der Waals surface area contributed by atoms with Crippen LogP contribution in [0.4, 0.5) is 0 Å². The zero-order valence-electron chi connectivity index (χ0n) is 11.4. The number of rotatable bonds is 4. The molecule has 5 nitrogen and oxygen atoms in total. The van der Waals surface area contributed by atoms with Crippen LogP contribution in [0.25, 0.3) is 0 Å². The van der Waals surface area contributed by atoms with Crippen molar-refractivity contribution in [3.05, 3.63) is 22.7 Å². The van der Waals surface area contributed by atoms with Gasteiger partial charge in [0.25, 0.3) is 0 Å². The molecule has 20 heavy (non-hydrogen) atoms. The number of aliphatic hydroxyl groups excluding tert-OH is 1. The van der Waals surface area contributed by atoms with Gasteiger partial charge in [-0.05, 0) is 37.5 Å². The summed E-state index contributed by atoms with van der Waals surface area (Å²) in [5, 5.41) is 9.60. The first-order valence-electron chi connectivity index (χ1n) is 6.38. The van der Waals surface area contributed by atoms with Crippen LogP contribution in [0.2, 0.25) is 0 Å². The maximum Gasteiger partial charge on any atom is 0.246 e. The Labute approximate surface area is 127 Å². The van der Waals surface area contributed by atoms with Crippen LogP contribution < -0.4 is 4.74 Å². The zero-order valence-corrected chi connectivity index (χ0v) is 13.8. The largest absolute Gasteiger partial charge is 0.495 e. The predicted molar refractivity (Wildman–Crippen MR) is 79.2 cm³/mol. The van der Waals surface area contributed by atoms with E-state index in [1.807, 2.05) is 0 Å². The first-order chi connectivity index (χ1) is 9.36. The molecule has 0 spiro atoms. The third kappa shape index (κ3) is 3.00. The number of methoxy groups -OCH3 is 1. The molecule has 1 heterocycles. The molecule has 1 saturated heterocycles. The minimum Gasteiger partial charge on any atom is -0.495 e. The van der Waals surface area contributed by atoms with Gasteiger partial charge in [-0.3, -0.25) is 0 Å². The first-order valence-corrected chi connectivity index (χ1v) is 8.61. The van der Waals surface area contributed by atoms with E-state index in [0.29, 0.717) is 29.7 Å². The fraction of sp³-hybridized carbons (Fsp3) is 0.538. The number of nitrogens with zero attached hydrogens (tertiary/aromatic N) is 1. The summed E-state index contributed by atoms with van der Waals surface area (Å²) in [5.74, 6) is 0.316. The van der Waals surface area contributed by atoms with E-state index in [4.69, 9.17) is 4.74 Å². The van der Waals surface area contributed by atoms with Crippen molar-refractivity contribution in [2.75, 3.05) is 20.2 Å². The van der Waals surface area contributed by atoms with Gasteiger partial charge in [-0.25, -0.2) is 8.42 Å². The number of hydrogen-bond acceptors (Lipinski definition) is 4. The molecule has 0 aromatic heterocycles. The van der Waals surface area contributed by atoms with Crippen LogP contribution in [0.15, 0.2) is 27.6 Å². The summed E-state index contributed by atoms with van der Waals surface area (Å²) in [6.45, 7) is 2.46.